The lowest BCUT2D eigenvalue weighted by Crippen LogP contribution is -2.16. The zero-order valence-electron chi connectivity index (χ0n) is 30.5. The summed E-state index contributed by atoms with van der Waals surface area (Å²) in [5.41, 5.74) is 0. The Bertz CT molecular complexity index is 505. The Morgan fingerprint density at radius 2 is 0.750 bits per heavy atom. The molecule has 44 heavy (non-hydrogen) atoms. The number of hydrogen-bond donors (Lipinski definition) is 0. The van der Waals surface area contributed by atoms with Gasteiger partial charge in [-0.15, -0.1) is 0 Å². The van der Waals surface area contributed by atoms with E-state index >= 15 is 0 Å². The van der Waals surface area contributed by atoms with Crippen LogP contribution in [0, 0.1) is 5.92 Å². The lowest BCUT2D eigenvalue weighted by molar-refractivity contribution is -0.146. The molecule has 0 aliphatic heterocycles. The van der Waals surface area contributed by atoms with Crippen LogP contribution in [0.3, 0.4) is 0 Å². The zero-order chi connectivity index (χ0) is 32.0. The predicted molar refractivity (Wildman–Crippen MR) is 192 cm³/mol. The second-order valence-electron chi connectivity index (χ2n) is 13.7. The molecular weight excluding hydrogens is 544 g/mol. The van der Waals surface area contributed by atoms with Crippen LogP contribution in [0.5, 0.6) is 0 Å². The van der Waals surface area contributed by atoms with Gasteiger partial charge in [-0.3, -0.25) is 4.79 Å². The van der Waals surface area contributed by atoms with Gasteiger partial charge in [0.25, 0.3) is 0 Å². The van der Waals surface area contributed by atoms with Gasteiger partial charge in [-0.2, -0.15) is 0 Å². The molecule has 0 atom stereocenters. The van der Waals surface area contributed by atoms with Gasteiger partial charge in [0.15, 0.2) is 0 Å². The normalized spacial score (nSPS) is 11.5. The van der Waals surface area contributed by atoms with E-state index in [0.717, 1.165) is 0 Å². The van der Waals surface area contributed by atoms with Gasteiger partial charge in [-0.25, -0.2) is 0 Å². The molecular formula is C40H80O4. The fourth-order valence-electron chi connectivity index (χ4n) is 6.36. The molecule has 0 spiro atoms. The maximum atomic E-state index is 12.5. The SMILES string of the molecule is CCCCCCCCCCCCCCCCC(CCCCCCCCCCCCCCCC)CC(=O)OCCOCCOC. The number of hydrogen-bond acceptors (Lipinski definition) is 4. The number of ether oxygens (including phenoxy) is 3. The first-order valence-electron chi connectivity index (χ1n) is 20.0. The average molecular weight is 625 g/mol. The molecule has 0 fully saturated rings. The number of carbonyl (C=O) groups excluding carboxylic acids is 1. The van der Waals surface area contributed by atoms with Crippen LogP contribution >= 0.6 is 0 Å². The molecule has 0 aromatic rings. The van der Waals surface area contributed by atoms with Crippen molar-refractivity contribution in [3.8, 4) is 0 Å². The Hall–Kier alpha value is -0.610. The first kappa shape index (κ1) is 43.4. The van der Waals surface area contributed by atoms with Crippen LogP contribution < -0.4 is 0 Å². The van der Waals surface area contributed by atoms with Gasteiger partial charge in [0.2, 0.25) is 0 Å². The summed E-state index contributed by atoms with van der Waals surface area (Å²) in [6.45, 7) is 6.52. The van der Waals surface area contributed by atoms with Crippen molar-refractivity contribution in [3.63, 3.8) is 0 Å². The van der Waals surface area contributed by atoms with E-state index in [4.69, 9.17) is 14.2 Å². The smallest absolute Gasteiger partial charge is 0.306 e. The first-order chi connectivity index (χ1) is 21.7. The topological polar surface area (TPSA) is 44.8 Å². The second-order valence-corrected chi connectivity index (χ2v) is 13.7. The highest BCUT2D eigenvalue weighted by Crippen LogP contribution is 2.23. The third kappa shape index (κ3) is 35.9. The highest BCUT2D eigenvalue weighted by molar-refractivity contribution is 5.69. The summed E-state index contributed by atoms with van der Waals surface area (Å²) in [5.74, 6) is 0.438. The van der Waals surface area contributed by atoms with E-state index in [0.29, 0.717) is 38.8 Å². The molecule has 0 amide bonds. The third-order valence-electron chi connectivity index (χ3n) is 9.31. The zero-order valence-corrected chi connectivity index (χ0v) is 30.5. The van der Waals surface area contributed by atoms with E-state index in [-0.39, 0.29) is 5.97 Å². The quantitative estimate of drug-likeness (QED) is 0.0506. The Morgan fingerprint density at radius 1 is 0.432 bits per heavy atom. The molecule has 0 heterocycles. The van der Waals surface area contributed by atoms with Gasteiger partial charge in [0, 0.05) is 13.5 Å². The minimum absolute atomic E-state index is 0.0407. The number of carbonyl (C=O) groups is 1. The molecule has 0 unspecified atom stereocenters. The number of esters is 1. The van der Waals surface area contributed by atoms with Gasteiger partial charge in [-0.05, 0) is 18.8 Å². The van der Waals surface area contributed by atoms with Crippen molar-refractivity contribution in [2.45, 2.75) is 213 Å². The summed E-state index contributed by atoms with van der Waals surface area (Å²) in [6, 6.07) is 0. The van der Waals surface area contributed by atoms with Crippen molar-refractivity contribution in [2.75, 3.05) is 33.5 Å². The van der Waals surface area contributed by atoms with Crippen LogP contribution in [-0.2, 0) is 19.0 Å². The maximum absolute atomic E-state index is 12.5. The summed E-state index contributed by atoms with van der Waals surface area (Å²) in [6.07, 6.45) is 41.9. The Labute approximate surface area is 276 Å². The highest BCUT2D eigenvalue weighted by Gasteiger charge is 2.15. The summed E-state index contributed by atoms with van der Waals surface area (Å²) in [5, 5.41) is 0. The minimum Gasteiger partial charge on any atom is -0.463 e. The molecule has 0 saturated carbocycles. The van der Waals surface area contributed by atoms with Crippen LogP contribution in [0.1, 0.15) is 213 Å². The molecule has 0 aliphatic rings. The van der Waals surface area contributed by atoms with E-state index < -0.39 is 0 Å². The largest absolute Gasteiger partial charge is 0.463 e. The van der Waals surface area contributed by atoms with Gasteiger partial charge >= 0.3 is 5.97 Å². The van der Waals surface area contributed by atoms with Crippen LogP contribution in [0.25, 0.3) is 0 Å². The summed E-state index contributed by atoms with van der Waals surface area (Å²) in [4.78, 5) is 12.5. The molecule has 0 bridgehead atoms. The average Bonchev–Trinajstić information content (AvgIpc) is 3.02. The van der Waals surface area contributed by atoms with Crippen molar-refractivity contribution < 1.29 is 19.0 Å². The van der Waals surface area contributed by atoms with Crippen molar-refractivity contribution >= 4 is 5.97 Å². The lowest BCUT2D eigenvalue weighted by Gasteiger charge is -2.16. The van der Waals surface area contributed by atoms with E-state index in [1.807, 2.05) is 0 Å². The van der Waals surface area contributed by atoms with Crippen LogP contribution in [0.4, 0.5) is 0 Å². The summed E-state index contributed by atoms with van der Waals surface area (Å²) >= 11 is 0. The Balaban J connectivity index is 3.96. The second kappa shape index (κ2) is 38.6. The molecule has 4 heteroatoms. The van der Waals surface area contributed by atoms with Gasteiger partial charge in [0.1, 0.15) is 6.61 Å². The molecule has 0 saturated heterocycles. The van der Waals surface area contributed by atoms with Crippen molar-refractivity contribution in [1.82, 2.24) is 0 Å². The molecule has 0 aromatic carbocycles. The monoisotopic (exact) mass is 625 g/mol. The van der Waals surface area contributed by atoms with Crippen molar-refractivity contribution in [2.24, 2.45) is 5.92 Å². The van der Waals surface area contributed by atoms with Crippen LogP contribution in [0.15, 0.2) is 0 Å². The minimum atomic E-state index is -0.0407. The van der Waals surface area contributed by atoms with Gasteiger partial charge < -0.3 is 14.2 Å². The maximum Gasteiger partial charge on any atom is 0.306 e. The standard InChI is InChI=1S/C40H80O4/c1-4-6-8-10-12-14-16-18-20-22-24-26-28-30-32-39(38-40(41)44-37-36-43-35-34-42-3)33-31-29-27-25-23-21-19-17-15-13-11-9-7-5-2/h39H,4-38H2,1-3H3. The van der Waals surface area contributed by atoms with Crippen molar-refractivity contribution in [1.29, 1.82) is 0 Å². The summed E-state index contributed by atoms with van der Waals surface area (Å²) in [7, 11) is 1.67. The Morgan fingerprint density at radius 3 is 1.09 bits per heavy atom. The van der Waals surface area contributed by atoms with Gasteiger partial charge in [-0.1, -0.05) is 194 Å². The number of rotatable bonds is 38. The Kier molecular flexibility index (Phi) is 38.0. The van der Waals surface area contributed by atoms with Crippen LogP contribution in [-0.4, -0.2) is 39.5 Å². The fourth-order valence-corrected chi connectivity index (χ4v) is 6.36. The van der Waals surface area contributed by atoms with E-state index in [2.05, 4.69) is 13.8 Å². The molecule has 0 N–H and O–H groups in total. The fraction of sp³-hybridized carbons (Fsp3) is 0.975. The van der Waals surface area contributed by atoms with E-state index in [9.17, 15) is 4.79 Å². The molecule has 0 aromatic heterocycles. The molecule has 4 nitrogen and oxygen atoms in total. The summed E-state index contributed by atoms with van der Waals surface area (Å²) < 4.78 is 15.9. The highest BCUT2D eigenvalue weighted by atomic mass is 16.6. The third-order valence-corrected chi connectivity index (χ3v) is 9.31. The molecule has 0 aliphatic carbocycles. The van der Waals surface area contributed by atoms with Gasteiger partial charge in [0.05, 0.1) is 19.8 Å². The van der Waals surface area contributed by atoms with E-state index in [1.165, 1.54) is 193 Å². The lowest BCUT2D eigenvalue weighted by atomic mass is 9.91. The molecule has 264 valence electrons. The molecule has 0 rings (SSSR count). The molecule has 0 radical (unpaired) electrons. The predicted octanol–water partition coefficient (Wildman–Crippen LogP) is 12.9. The van der Waals surface area contributed by atoms with Crippen LogP contribution in [0.2, 0.25) is 0 Å². The van der Waals surface area contributed by atoms with Crippen molar-refractivity contribution in [3.05, 3.63) is 0 Å². The van der Waals surface area contributed by atoms with E-state index in [1.54, 1.807) is 7.11 Å². The number of methoxy groups -OCH3 is 1. The first-order valence-corrected chi connectivity index (χ1v) is 20.0. The number of unbranched alkanes of at least 4 members (excludes halogenated alkanes) is 26.